The highest BCUT2D eigenvalue weighted by Gasteiger charge is 2.23. The molecule has 536 valence electrons. The van der Waals surface area contributed by atoms with Gasteiger partial charge >= 0.3 is 0 Å². The van der Waals surface area contributed by atoms with Gasteiger partial charge in [-0.05, 0) is 219 Å². The van der Waals surface area contributed by atoms with Gasteiger partial charge in [0.1, 0.15) is 22.3 Å². The minimum absolute atomic E-state index is 0.887. The van der Waals surface area contributed by atoms with Gasteiger partial charge in [-0.1, -0.05) is 273 Å². The lowest BCUT2D eigenvalue weighted by molar-refractivity contribution is 0.669. The molecule has 18 aromatic carbocycles. The molecule has 0 spiro atoms. The van der Waals surface area contributed by atoms with Crippen LogP contribution in [0.1, 0.15) is 0 Å². The van der Waals surface area contributed by atoms with E-state index in [1.54, 1.807) is 0 Å². The predicted octanol–water partition coefficient (Wildman–Crippen LogP) is 30.3. The van der Waals surface area contributed by atoms with Crippen LogP contribution in [0.25, 0.3) is 166 Å². The molecule has 0 aliphatic heterocycles. The Kier molecular flexibility index (Phi) is 16.8. The Morgan fingerprint density at radius 1 is 0.167 bits per heavy atom. The average molecular weight is 1460 g/mol. The first-order valence-corrected chi connectivity index (χ1v) is 38.8. The van der Waals surface area contributed by atoms with Crippen LogP contribution in [0, 0.1) is 0 Å². The van der Waals surface area contributed by atoms with Crippen LogP contribution < -0.4 is 9.80 Å². The first kappa shape index (κ1) is 66.9. The molecule has 22 aromatic rings. The summed E-state index contributed by atoms with van der Waals surface area (Å²) in [7, 11) is 0. The normalized spacial score (nSPS) is 11.5. The summed E-state index contributed by atoms with van der Waals surface area (Å²) in [6, 6.07) is 156. The van der Waals surface area contributed by atoms with Crippen molar-refractivity contribution in [2.75, 3.05) is 9.80 Å². The number of fused-ring (bicyclic) bond motifs is 12. The fourth-order valence-electron chi connectivity index (χ4n) is 16.9. The van der Waals surface area contributed by atoms with Gasteiger partial charge in [-0.25, -0.2) is 0 Å². The van der Waals surface area contributed by atoms with Crippen LogP contribution in [0.4, 0.5) is 34.1 Å². The molecule has 0 bridgehead atoms. The van der Waals surface area contributed by atoms with E-state index in [4.69, 9.17) is 8.83 Å². The number of hydrogen-bond donors (Lipinski definition) is 0. The highest BCUT2D eigenvalue weighted by molar-refractivity contribution is 6.16. The molecule has 0 aliphatic carbocycles. The van der Waals surface area contributed by atoms with Crippen molar-refractivity contribution in [3.8, 4) is 78.1 Å². The molecule has 6 heteroatoms. The summed E-state index contributed by atoms with van der Waals surface area (Å²) < 4.78 is 18.1. The van der Waals surface area contributed by atoms with Gasteiger partial charge in [-0.3, -0.25) is 0 Å². The van der Waals surface area contributed by atoms with E-state index in [0.29, 0.717) is 0 Å². The van der Waals surface area contributed by atoms with Crippen LogP contribution in [0.15, 0.2) is 446 Å². The smallest absolute Gasteiger partial charge is 0.143 e. The van der Waals surface area contributed by atoms with E-state index in [9.17, 15) is 0 Å². The maximum Gasteiger partial charge on any atom is 0.143 e. The maximum atomic E-state index is 6.69. The number of para-hydroxylation sites is 8. The van der Waals surface area contributed by atoms with E-state index < -0.39 is 0 Å². The minimum atomic E-state index is 0.887. The quantitative estimate of drug-likeness (QED) is 0.109. The van der Waals surface area contributed by atoms with Crippen molar-refractivity contribution in [1.82, 2.24) is 9.13 Å². The van der Waals surface area contributed by atoms with E-state index in [1.807, 2.05) is 12.1 Å². The van der Waals surface area contributed by atoms with E-state index in [0.717, 1.165) is 139 Å². The first-order chi connectivity index (χ1) is 56.5. The SMILES string of the molecule is c1ccc(-c2ccc(N(c3ccccc3)c3ccc(-c4cc(-c5ccc6c(c5)c5ccccc5n6-c5ccccc5)c5oc6ccccc6c5c4)cc3)cc2)cc1.c1ccc(-c2ccc(N(c3ccccc3)c3ccc(-c4cc(-c5ccc6c7ccccc7n(-c7ccccc7)c6c5)c5oc6ccccc6c5c4)cc3)cc2)cc1. The van der Waals surface area contributed by atoms with E-state index in [2.05, 4.69) is 444 Å². The summed E-state index contributed by atoms with van der Waals surface area (Å²) in [4.78, 5) is 4.63. The molecular weight excluding hydrogens is 1390 g/mol. The third-order valence-corrected chi connectivity index (χ3v) is 22.4. The third kappa shape index (κ3) is 12.1. The van der Waals surface area contributed by atoms with Crippen molar-refractivity contribution >= 4 is 122 Å². The van der Waals surface area contributed by atoms with E-state index in [1.165, 1.54) is 60.3 Å². The second-order valence-corrected chi connectivity index (χ2v) is 29.1. The molecule has 0 atom stereocenters. The van der Waals surface area contributed by atoms with Gasteiger partial charge in [0, 0.05) is 99.7 Å². The van der Waals surface area contributed by atoms with E-state index in [-0.39, 0.29) is 0 Å². The largest absolute Gasteiger partial charge is 0.455 e. The molecule has 6 nitrogen and oxygen atoms in total. The molecule has 4 aromatic heterocycles. The molecule has 0 radical (unpaired) electrons. The van der Waals surface area contributed by atoms with Crippen LogP contribution in [-0.4, -0.2) is 9.13 Å². The third-order valence-electron chi connectivity index (χ3n) is 22.4. The van der Waals surface area contributed by atoms with Crippen LogP contribution in [0.5, 0.6) is 0 Å². The second kappa shape index (κ2) is 28.6. The highest BCUT2D eigenvalue weighted by Crippen LogP contribution is 2.47. The lowest BCUT2D eigenvalue weighted by atomic mass is 9.94. The van der Waals surface area contributed by atoms with Crippen LogP contribution in [0.2, 0.25) is 0 Å². The zero-order chi connectivity index (χ0) is 75.4. The summed E-state index contributed by atoms with van der Waals surface area (Å²) in [5.74, 6) is 0. The summed E-state index contributed by atoms with van der Waals surface area (Å²) in [5, 5.41) is 9.34. The number of aromatic nitrogens is 2. The summed E-state index contributed by atoms with van der Waals surface area (Å²) in [5.41, 5.74) is 30.9. The minimum Gasteiger partial charge on any atom is -0.455 e. The molecule has 0 aliphatic rings. The predicted molar refractivity (Wildman–Crippen MR) is 478 cm³/mol. The first-order valence-electron chi connectivity index (χ1n) is 38.8. The van der Waals surface area contributed by atoms with Crippen molar-refractivity contribution in [3.05, 3.63) is 437 Å². The van der Waals surface area contributed by atoms with Crippen molar-refractivity contribution in [3.63, 3.8) is 0 Å². The van der Waals surface area contributed by atoms with Crippen LogP contribution in [0.3, 0.4) is 0 Å². The molecule has 0 fully saturated rings. The highest BCUT2D eigenvalue weighted by atomic mass is 16.3. The molecular formula is C108H72N4O2. The van der Waals surface area contributed by atoms with Gasteiger partial charge in [-0.15, -0.1) is 0 Å². The van der Waals surface area contributed by atoms with Crippen LogP contribution in [-0.2, 0) is 0 Å². The maximum absolute atomic E-state index is 6.69. The number of rotatable bonds is 14. The Morgan fingerprint density at radius 3 is 0.877 bits per heavy atom. The zero-order valence-electron chi connectivity index (χ0n) is 62.2. The van der Waals surface area contributed by atoms with Crippen molar-refractivity contribution < 1.29 is 8.83 Å². The number of furan rings is 2. The number of benzene rings is 18. The lowest BCUT2D eigenvalue weighted by Crippen LogP contribution is -2.09. The Morgan fingerprint density at radius 2 is 0.447 bits per heavy atom. The average Bonchev–Trinajstić information content (AvgIpc) is 1.58. The lowest BCUT2D eigenvalue weighted by Gasteiger charge is -2.26. The van der Waals surface area contributed by atoms with Gasteiger partial charge < -0.3 is 27.8 Å². The van der Waals surface area contributed by atoms with Gasteiger partial charge in [-0.2, -0.15) is 0 Å². The van der Waals surface area contributed by atoms with Crippen LogP contribution >= 0.6 is 0 Å². The molecule has 114 heavy (non-hydrogen) atoms. The van der Waals surface area contributed by atoms with E-state index >= 15 is 0 Å². The molecule has 22 rings (SSSR count). The Labute approximate surface area is 660 Å². The van der Waals surface area contributed by atoms with Gasteiger partial charge in [0.2, 0.25) is 0 Å². The molecule has 0 saturated carbocycles. The summed E-state index contributed by atoms with van der Waals surface area (Å²) >= 11 is 0. The monoisotopic (exact) mass is 1460 g/mol. The van der Waals surface area contributed by atoms with Gasteiger partial charge in [0.25, 0.3) is 0 Å². The Balaban J connectivity index is 0.000000143. The molecule has 0 N–H and O–H groups in total. The second-order valence-electron chi connectivity index (χ2n) is 29.1. The Bertz CT molecular complexity index is 7270. The Hall–Kier alpha value is -15.2. The topological polar surface area (TPSA) is 42.6 Å². The molecule has 0 saturated heterocycles. The molecule has 4 heterocycles. The zero-order valence-corrected chi connectivity index (χ0v) is 62.2. The van der Waals surface area contributed by atoms with Crippen molar-refractivity contribution in [2.45, 2.75) is 0 Å². The molecule has 0 amide bonds. The summed E-state index contributed by atoms with van der Waals surface area (Å²) in [6.07, 6.45) is 0. The molecule has 0 unspecified atom stereocenters. The fraction of sp³-hybridized carbons (Fsp3) is 0. The van der Waals surface area contributed by atoms with Crippen molar-refractivity contribution in [2.24, 2.45) is 0 Å². The fourth-order valence-corrected chi connectivity index (χ4v) is 16.9. The standard InChI is InChI=1S/2C54H36N2O/c1-4-14-37(15-5-1)38-24-29-44(30-25-38)55(42-16-6-2-7-17-42)45-31-26-39(27-32-45)41-34-49(54-50(35-41)48-21-11-13-23-53(48)57-54)40-28-33-47-46-20-10-12-22-51(46)56(52(47)36-40)43-18-8-3-9-19-43;1-4-14-37(15-5-1)38-24-29-44(30-25-38)55(42-16-6-2-7-17-42)45-31-26-39(27-32-45)41-35-48(54-50(36-41)47-21-11-13-23-53(47)57-54)40-28-33-52-49(34-40)46-20-10-12-22-51(46)56(52)43-18-8-3-9-19-43/h2*1-36H. The van der Waals surface area contributed by atoms with Gasteiger partial charge in [0.05, 0.1) is 22.1 Å². The number of nitrogens with zero attached hydrogens (tertiary/aromatic N) is 4. The van der Waals surface area contributed by atoms with Gasteiger partial charge in [0.15, 0.2) is 0 Å². The number of anilines is 6. The number of hydrogen-bond acceptors (Lipinski definition) is 4. The van der Waals surface area contributed by atoms with Crippen molar-refractivity contribution in [1.29, 1.82) is 0 Å². The summed E-state index contributed by atoms with van der Waals surface area (Å²) in [6.45, 7) is 0.